The zero-order valence-corrected chi connectivity index (χ0v) is 16.5. The van der Waals surface area contributed by atoms with Crippen LogP contribution in [-0.4, -0.2) is 49.2 Å². The molecule has 1 saturated heterocycles. The highest BCUT2D eigenvalue weighted by Crippen LogP contribution is 2.49. The van der Waals surface area contributed by atoms with E-state index in [1.54, 1.807) is 19.9 Å². The molecule has 156 valence electrons. The Kier molecular flexibility index (Phi) is 5.62. The Morgan fingerprint density at radius 3 is 2.90 bits per heavy atom. The number of nitrogens with zero attached hydrogens (tertiary/aromatic N) is 4. The quantitative estimate of drug-likeness (QED) is 0.432. The number of phosphoric acid groups is 1. The largest absolute Gasteiger partial charge is 0.470 e. The summed E-state index contributed by atoms with van der Waals surface area (Å²) < 4.78 is 28.7. The first kappa shape index (κ1) is 21.2. The van der Waals surface area contributed by atoms with Gasteiger partial charge in [0, 0.05) is 6.42 Å². The number of fused-ring (bicyclic) bond motifs is 1. The third-order valence-corrected chi connectivity index (χ3v) is 4.99. The number of phosphoric ester groups is 1. The van der Waals surface area contributed by atoms with E-state index in [0.717, 1.165) is 0 Å². The fourth-order valence-electron chi connectivity index (χ4n) is 3.13. The van der Waals surface area contributed by atoms with Crippen molar-refractivity contribution in [1.29, 1.82) is 5.26 Å². The van der Waals surface area contributed by atoms with Gasteiger partial charge in [0.15, 0.2) is 5.82 Å². The van der Waals surface area contributed by atoms with E-state index < -0.39 is 31.6 Å². The average Bonchev–Trinajstić information content (AvgIpc) is 3.21. The maximum Gasteiger partial charge on any atom is 0.470 e. The van der Waals surface area contributed by atoms with Crippen molar-refractivity contribution in [1.82, 2.24) is 14.6 Å². The molecule has 1 fully saturated rings. The van der Waals surface area contributed by atoms with Crippen LogP contribution in [0.15, 0.2) is 18.5 Å². The number of aromatic nitrogens is 3. The summed E-state index contributed by atoms with van der Waals surface area (Å²) >= 11 is 0. The SMILES string of the molecule is CC(C)C(=O)OC[C@@H]1CC(OP(=O)(O)O)[C@](C#N)(c2ccc3c(N)ncnn23)O1. The summed E-state index contributed by atoms with van der Waals surface area (Å²) in [6, 6.07) is 4.99. The molecule has 4 N–H and O–H groups in total. The summed E-state index contributed by atoms with van der Waals surface area (Å²) in [6.07, 6.45) is -1.12. The summed E-state index contributed by atoms with van der Waals surface area (Å²) in [6.45, 7) is 3.11. The maximum absolute atomic E-state index is 11.7. The summed E-state index contributed by atoms with van der Waals surface area (Å²) in [7, 11) is -4.97. The van der Waals surface area contributed by atoms with Gasteiger partial charge >= 0.3 is 13.8 Å². The van der Waals surface area contributed by atoms with Crippen LogP contribution in [0.25, 0.3) is 5.52 Å². The predicted molar refractivity (Wildman–Crippen MR) is 96.9 cm³/mol. The minimum absolute atomic E-state index is 0.0994. The van der Waals surface area contributed by atoms with Gasteiger partial charge in [-0.25, -0.2) is 14.1 Å². The number of hydrogen-bond acceptors (Lipinski definition) is 9. The number of nitriles is 1. The fraction of sp³-hybridized carbons (Fsp3) is 0.500. The third kappa shape index (κ3) is 4.10. The standard InChI is InChI=1S/C16H20N5O7P/c1-9(2)15(22)26-6-10-5-13(28-29(23,24)25)16(7-17,27-10)12-4-3-11-14(18)19-8-20-21(11)12/h3-4,8-10,13H,5-6H2,1-2H3,(H2,18,19,20)(H2,23,24,25)/t10-,13?,16-/m0/s1. The van der Waals surface area contributed by atoms with E-state index in [2.05, 4.69) is 10.1 Å². The molecule has 29 heavy (non-hydrogen) atoms. The summed E-state index contributed by atoms with van der Waals surface area (Å²) in [4.78, 5) is 34.3. The van der Waals surface area contributed by atoms with Crippen LogP contribution in [0.2, 0.25) is 0 Å². The summed E-state index contributed by atoms with van der Waals surface area (Å²) in [5, 5.41) is 14.0. The van der Waals surface area contributed by atoms with Gasteiger partial charge in [-0.15, -0.1) is 0 Å². The second-order valence-corrected chi connectivity index (χ2v) is 8.05. The first-order valence-electron chi connectivity index (χ1n) is 8.65. The lowest BCUT2D eigenvalue weighted by Crippen LogP contribution is -2.38. The Labute approximate surface area is 165 Å². The lowest BCUT2D eigenvalue weighted by Gasteiger charge is -2.27. The molecule has 3 atom stereocenters. The summed E-state index contributed by atoms with van der Waals surface area (Å²) in [5.41, 5.74) is 4.42. The topological polar surface area (TPSA) is 182 Å². The molecule has 12 nitrogen and oxygen atoms in total. The minimum atomic E-state index is -4.97. The number of esters is 1. The van der Waals surface area contributed by atoms with E-state index in [4.69, 9.17) is 19.7 Å². The smallest absolute Gasteiger partial charge is 0.463 e. The van der Waals surface area contributed by atoms with Gasteiger partial charge in [-0.3, -0.25) is 9.32 Å². The van der Waals surface area contributed by atoms with Crippen LogP contribution in [0.3, 0.4) is 0 Å². The number of hydrogen-bond donors (Lipinski definition) is 3. The van der Waals surface area contributed by atoms with Crippen LogP contribution in [0.5, 0.6) is 0 Å². The Bertz CT molecular complexity index is 1010. The molecule has 0 saturated carbocycles. The van der Waals surface area contributed by atoms with E-state index >= 15 is 0 Å². The molecule has 0 amide bonds. The highest BCUT2D eigenvalue weighted by molar-refractivity contribution is 7.46. The highest BCUT2D eigenvalue weighted by atomic mass is 31.2. The molecule has 1 aliphatic rings. The Morgan fingerprint density at radius 2 is 2.28 bits per heavy atom. The molecule has 3 heterocycles. The van der Waals surface area contributed by atoms with Crippen LogP contribution in [0, 0.1) is 17.2 Å². The Hall–Kier alpha value is -2.55. The van der Waals surface area contributed by atoms with E-state index in [1.807, 2.05) is 6.07 Å². The average molecular weight is 425 g/mol. The van der Waals surface area contributed by atoms with Crippen LogP contribution >= 0.6 is 7.82 Å². The molecule has 0 bridgehead atoms. The normalized spacial score (nSPS) is 24.7. The van der Waals surface area contributed by atoms with Gasteiger partial charge < -0.3 is 25.0 Å². The molecule has 0 aliphatic carbocycles. The van der Waals surface area contributed by atoms with Gasteiger partial charge in [0.25, 0.3) is 0 Å². The van der Waals surface area contributed by atoms with E-state index in [1.165, 1.54) is 16.9 Å². The monoisotopic (exact) mass is 425 g/mol. The van der Waals surface area contributed by atoms with Crippen molar-refractivity contribution in [2.45, 2.75) is 38.1 Å². The number of ether oxygens (including phenoxy) is 2. The van der Waals surface area contributed by atoms with Gasteiger partial charge in [-0.2, -0.15) is 10.4 Å². The first-order valence-corrected chi connectivity index (χ1v) is 10.2. The lowest BCUT2D eigenvalue weighted by atomic mass is 9.94. The molecule has 2 aromatic rings. The van der Waals surface area contributed by atoms with Crippen LogP contribution in [0.1, 0.15) is 26.0 Å². The van der Waals surface area contributed by atoms with Crippen molar-refractivity contribution >= 4 is 25.1 Å². The molecule has 2 aromatic heterocycles. The number of nitrogen functional groups attached to an aromatic ring is 1. The molecule has 0 aromatic carbocycles. The van der Waals surface area contributed by atoms with Gasteiger partial charge in [0.05, 0.1) is 17.7 Å². The zero-order valence-electron chi connectivity index (χ0n) is 15.6. The number of rotatable bonds is 6. The van der Waals surface area contributed by atoms with Crippen molar-refractivity contribution in [2.75, 3.05) is 12.3 Å². The fourth-order valence-corrected chi connectivity index (χ4v) is 3.70. The van der Waals surface area contributed by atoms with E-state index in [9.17, 15) is 24.4 Å². The number of anilines is 1. The third-order valence-electron chi connectivity index (χ3n) is 4.46. The maximum atomic E-state index is 11.7. The Morgan fingerprint density at radius 1 is 1.55 bits per heavy atom. The van der Waals surface area contributed by atoms with Crippen molar-refractivity contribution < 1.29 is 33.1 Å². The number of nitrogens with two attached hydrogens (primary N) is 1. The molecule has 0 radical (unpaired) electrons. The molecular formula is C16H20N5O7P. The molecule has 3 rings (SSSR count). The molecule has 0 spiro atoms. The Balaban J connectivity index is 2.00. The van der Waals surface area contributed by atoms with Crippen LogP contribution in [-0.2, 0) is 29.0 Å². The molecular weight excluding hydrogens is 405 g/mol. The van der Waals surface area contributed by atoms with Crippen LogP contribution < -0.4 is 5.73 Å². The van der Waals surface area contributed by atoms with Crippen molar-refractivity contribution in [3.8, 4) is 6.07 Å². The zero-order chi connectivity index (χ0) is 21.4. The van der Waals surface area contributed by atoms with Gasteiger partial charge in [-0.05, 0) is 12.1 Å². The lowest BCUT2D eigenvalue weighted by molar-refractivity contribution is -0.152. The van der Waals surface area contributed by atoms with E-state index in [0.29, 0.717) is 5.52 Å². The van der Waals surface area contributed by atoms with Crippen molar-refractivity contribution in [2.24, 2.45) is 5.92 Å². The molecule has 13 heteroatoms. The van der Waals surface area contributed by atoms with Gasteiger partial charge in [0.2, 0.25) is 5.60 Å². The number of carbonyl (C=O) groups is 1. The molecule has 1 unspecified atom stereocenters. The second kappa shape index (κ2) is 7.70. The predicted octanol–water partition coefficient (Wildman–Crippen LogP) is 0.496. The van der Waals surface area contributed by atoms with Crippen molar-refractivity contribution in [3.63, 3.8) is 0 Å². The van der Waals surface area contributed by atoms with Crippen molar-refractivity contribution in [3.05, 3.63) is 24.2 Å². The second-order valence-electron chi connectivity index (χ2n) is 6.85. The minimum Gasteiger partial charge on any atom is -0.463 e. The van der Waals surface area contributed by atoms with Gasteiger partial charge in [0.1, 0.15) is 30.6 Å². The number of carbonyl (C=O) groups excluding carboxylic acids is 1. The van der Waals surface area contributed by atoms with Gasteiger partial charge in [-0.1, -0.05) is 13.8 Å². The van der Waals surface area contributed by atoms with E-state index in [-0.39, 0.29) is 30.5 Å². The highest BCUT2D eigenvalue weighted by Gasteiger charge is 2.55. The molecule has 1 aliphatic heterocycles. The van der Waals surface area contributed by atoms with Crippen LogP contribution in [0.4, 0.5) is 5.82 Å². The first-order chi connectivity index (χ1) is 13.6. The summed E-state index contributed by atoms with van der Waals surface area (Å²) in [5.74, 6) is -0.690.